The minimum Gasteiger partial charge on any atom is -0.460 e. The summed E-state index contributed by atoms with van der Waals surface area (Å²) >= 11 is 0. The maximum absolute atomic E-state index is 6.63. The molecule has 27 heavy (non-hydrogen) atoms. The zero-order valence-electron chi connectivity index (χ0n) is 16.9. The smallest absolute Gasteiger partial charge is 0.141 e. The van der Waals surface area contributed by atoms with E-state index in [1.807, 2.05) is 0 Å². The fourth-order valence-corrected chi connectivity index (χ4v) is 5.37. The van der Waals surface area contributed by atoms with Crippen LogP contribution in [0.1, 0.15) is 62.1 Å². The number of fused-ring (bicyclic) bond motifs is 4. The Morgan fingerprint density at radius 2 is 1.56 bits per heavy atom. The number of para-hydroxylation sites is 3. The molecule has 0 radical (unpaired) electrons. The van der Waals surface area contributed by atoms with Crippen molar-refractivity contribution in [2.45, 2.75) is 45.2 Å². The third-order valence-electron chi connectivity index (χ3n) is 6.95. The monoisotopic (exact) mass is 360 g/mol. The summed E-state index contributed by atoms with van der Waals surface area (Å²) in [6.45, 7) is 7.03. The molecule has 2 aromatic carbocycles. The maximum Gasteiger partial charge on any atom is 0.141 e. The summed E-state index contributed by atoms with van der Waals surface area (Å²) in [5, 5.41) is 1.31. The third-order valence-corrected chi connectivity index (χ3v) is 6.95. The van der Waals surface area contributed by atoms with E-state index in [-0.39, 0.29) is 6.17 Å². The van der Waals surface area contributed by atoms with Crippen LogP contribution in [0, 0.1) is 5.92 Å². The van der Waals surface area contributed by atoms with E-state index in [1.165, 1.54) is 40.1 Å². The molecule has 1 aromatic heterocycles. The lowest BCUT2D eigenvalue weighted by Crippen LogP contribution is -2.30. The normalized spacial score (nSPS) is 25.1. The van der Waals surface area contributed by atoms with Gasteiger partial charge in [0.15, 0.2) is 0 Å². The lowest BCUT2D eigenvalue weighted by atomic mass is 9.75. The van der Waals surface area contributed by atoms with Gasteiger partial charge in [-0.2, -0.15) is 0 Å². The SMILES string of the molecule is CC1CC(C)C(C)c2oc3c(C4N(C)c5ccccc5N4C)cccc3c21. The molecule has 2 heterocycles. The van der Waals surface area contributed by atoms with Crippen LogP contribution in [0.5, 0.6) is 0 Å². The largest absolute Gasteiger partial charge is 0.460 e. The molecule has 1 aliphatic carbocycles. The van der Waals surface area contributed by atoms with Crippen LogP contribution < -0.4 is 9.80 Å². The number of furan rings is 1. The van der Waals surface area contributed by atoms with E-state index in [0.29, 0.717) is 17.8 Å². The van der Waals surface area contributed by atoms with Gasteiger partial charge in [-0.3, -0.25) is 0 Å². The fourth-order valence-electron chi connectivity index (χ4n) is 5.37. The van der Waals surface area contributed by atoms with Crippen LogP contribution >= 0.6 is 0 Å². The summed E-state index contributed by atoms with van der Waals surface area (Å²) in [4.78, 5) is 4.72. The summed E-state index contributed by atoms with van der Waals surface area (Å²) in [7, 11) is 4.37. The minimum absolute atomic E-state index is 0.154. The van der Waals surface area contributed by atoms with Gasteiger partial charge in [-0.1, -0.05) is 51.1 Å². The van der Waals surface area contributed by atoms with Gasteiger partial charge in [0.05, 0.1) is 11.4 Å². The second-order valence-corrected chi connectivity index (χ2v) is 8.59. The Labute approximate surface area is 161 Å². The van der Waals surface area contributed by atoms with E-state index in [0.717, 1.165) is 5.58 Å². The fraction of sp³-hybridized carbons (Fsp3) is 0.417. The Hall–Kier alpha value is -2.42. The lowest BCUT2D eigenvalue weighted by Gasteiger charge is -2.29. The van der Waals surface area contributed by atoms with E-state index < -0.39 is 0 Å². The topological polar surface area (TPSA) is 19.6 Å². The molecule has 3 nitrogen and oxygen atoms in total. The molecule has 0 saturated heterocycles. The lowest BCUT2D eigenvalue weighted by molar-refractivity contribution is 0.337. The highest BCUT2D eigenvalue weighted by molar-refractivity contribution is 5.88. The number of rotatable bonds is 1. The number of nitrogens with zero attached hydrogens (tertiary/aromatic N) is 2. The van der Waals surface area contributed by atoms with Crippen molar-refractivity contribution in [2.75, 3.05) is 23.9 Å². The number of hydrogen-bond donors (Lipinski definition) is 0. The van der Waals surface area contributed by atoms with Crippen LogP contribution in [0.2, 0.25) is 0 Å². The summed E-state index contributed by atoms with van der Waals surface area (Å²) in [6, 6.07) is 15.3. The molecule has 0 amide bonds. The zero-order valence-corrected chi connectivity index (χ0v) is 16.9. The average molecular weight is 361 g/mol. The van der Waals surface area contributed by atoms with E-state index in [2.05, 4.69) is 87.1 Å². The predicted octanol–water partition coefficient (Wildman–Crippen LogP) is 6.26. The highest BCUT2D eigenvalue weighted by atomic mass is 16.3. The summed E-state index contributed by atoms with van der Waals surface area (Å²) in [5.74, 6) is 2.91. The molecule has 3 heteroatoms. The number of hydrogen-bond acceptors (Lipinski definition) is 3. The van der Waals surface area contributed by atoms with Crippen molar-refractivity contribution >= 4 is 22.3 Å². The van der Waals surface area contributed by atoms with Crippen LogP contribution in [-0.2, 0) is 0 Å². The van der Waals surface area contributed by atoms with Gasteiger partial charge >= 0.3 is 0 Å². The van der Waals surface area contributed by atoms with Crippen LogP contribution in [0.3, 0.4) is 0 Å². The van der Waals surface area contributed by atoms with E-state index in [1.54, 1.807) is 0 Å². The summed E-state index contributed by atoms with van der Waals surface area (Å²) in [5.41, 5.74) is 6.32. The van der Waals surface area contributed by atoms with Gasteiger partial charge in [0, 0.05) is 36.5 Å². The molecule has 0 N–H and O–H groups in total. The van der Waals surface area contributed by atoms with Gasteiger partial charge in [-0.25, -0.2) is 0 Å². The van der Waals surface area contributed by atoms with Gasteiger partial charge in [0.1, 0.15) is 17.5 Å². The van der Waals surface area contributed by atoms with Crippen molar-refractivity contribution in [3.63, 3.8) is 0 Å². The van der Waals surface area contributed by atoms with Crippen molar-refractivity contribution < 1.29 is 4.42 Å². The Morgan fingerprint density at radius 3 is 2.22 bits per heavy atom. The Bertz CT molecular complexity index is 991. The van der Waals surface area contributed by atoms with Crippen LogP contribution in [0.15, 0.2) is 46.9 Å². The van der Waals surface area contributed by atoms with E-state index >= 15 is 0 Å². The van der Waals surface area contributed by atoms with Crippen molar-refractivity contribution in [1.82, 2.24) is 0 Å². The standard InChI is InChI=1S/C24H28N2O/c1-14-13-15(2)21-17-9-8-10-18(23(17)27-22(21)16(14)3)24-25(4)19-11-6-7-12-20(19)26(24)5/h6-12,14-16,24H,13H2,1-5H3. The van der Waals surface area contributed by atoms with Crippen molar-refractivity contribution in [2.24, 2.45) is 5.92 Å². The first-order chi connectivity index (χ1) is 13.0. The molecule has 0 fully saturated rings. The molecule has 3 aromatic rings. The Balaban J connectivity index is 1.70. The van der Waals surface area contributed by atoms with E-state index in [4.69, 9.17) is 4.42 Å². The number of benzene rings is 2. The van der Waals surface area contributed by atoms with Crippen molar-refractivity contribution in [1.29, 1.82) is 0 Å². The van der Waals surface area contributed by atoms with Gasteiger partial charge in [-0.15, -0.1) is 0 Å². The first kappa shape index (κ1) is 16.7. The zero-order chi connectivity index (χ0) is 18.9. The second kappa shape index (κ2) is 5.79. The van der Waals surface area contributed by atoms with Crippen molar-refractivity contribution in [3.8, 4) is 0 Å². The highest BCUT2D eigenvalue weighted by Crippen LogP contribution is 2.50. The highest BCUT2D eigenvalue weighted by Gasteiger charge is 2.37. The average Bonchev–Trinajstić information content (AvgIpc) is 3.17. The first-order valence-corrected chi connectivity index (χ1v) is 10.1. The quantitative estimate of drug-likeness (QED) is 0.510. The Kier molecular flexibility index (Phi) is 3.59. The van der Waals surface area contributed by atoms with Crippen LogP contribution in [0.25, 0.3) is 11.0 Å². The van der Waals surface area contributed by atoms with E-state index in [9.17, 15) is 0 Å². The second-order valence-electron chi connectivity index (χ2n) is 8.59. The number of anilines is 2. The molecule has 0 saturated carbocycles. The summed E-state index contributed by atoms with van der Waals surface area (Å²) in [6.07, 6.45) is 1.39. The van der Waals surface area contributed by atoms with Gasteiger partial charge in [0.25, 0.3) is 0 Å². The van der Waals surface area contributed by atoms with Gasteiger partial charge < -0.3 is 14.2 Å². The first-order valence-electron chi connectivity index (χ1n) is 10.1. The van der Waals surface area contributed by atoms with Gasteiger partial charge in [0.2, 0.25) is 0 Å². The molecule has 3 atom stereocenters. The molecule has 0 spiro atoms. The van der Waals surface area contributed by atoms with Crippen LogP contribution in [-0.4, -0.2) is 14.1 Å². The van der Waals surface area contributed by atoms with Gasteiger partial charge in [-0.05, 0) is 30.4 Å². The van der Waals surface area contributed by atoms with Crippen molar-refractivity contribution in [3.05, 3.63) is 59.4 Å². The molecular weight excluding hydrogens is 332 g/mol. The third kappa shape index (κ3) is 2.20. The predicted molar refractivity (Wildman–Crippen MR) is 113 cm³/mol. The Morgan fingerprint density at radius 1 is 0.889 bits per heavy atom. The van der Waals surface area contributed by atoms with Crippen LogP contribution in [0.4, 0.5) is 11.4 Å². The molecule has 0 bridgehead atoms. The molecule has 1 aliphatic heterocycles. The minimum atomic E-state index is 0.154. The molecular formula is C24H28N2O. The molecule has 3 unspecified atom stereocenters. The molecule has 5 rings (SSSR count). The molecule has 2 aliphatic rings. The summed E-state index contributed by atoms with van der Waals surface area (Å²) < 4.78 is 6.63. The molecule has 140 valence electrons. The maximum atomic E-state index is 6.63.